The van der Waals surface area contributed by atoms with Crippen molar-refractivity contribution in [2.24, 2.45) is 5.41 Å². The third kappa shape index (κ3) is 5.56. The van der Waals surface area contributed by atoms with Gasteiger partial charge in [0, 0.05) is 12.3 Å². The van der Waals surface area contributed by atoms with E-state index in [0.29, 0.717) is 23.1 Å². The summed E-state index contributed by atoms with van der Waals surface area (Å²) in [6, 6.07) is 17.9. The summed E-state index contributed by atoms with van der Waals surface area (Å²) in [7, 11) is -3.87. The van der Waals surface area contributed by atoms with Gasteiger partial charge >= 0.3 is 7.82 Å². The minimum atomic E-state index is -3.87. The van der Waals surface area contributed by atoms with Crippen molar-refractivity contribution in [1.82, 2.24) is 0 Å². The molecule has 1 aliphatic carbocycles. The van der Waals surface area contributed by atoms with Crippen LogP contribution in [0.5, 0.6) is 11.5 Å². The van der Waals surface area contributed by atoms with Crippen LogP contribution in [0.15, 0.2) is 72.5 Å². The number of rotatable bonds is 11. The van der Waals surface area contributed by atoms with E-state index < -0.39 is 7.82 Å². The highest BCUT2D eigenvalue weighted by atomic mass is 35.5. The molecule has 0 aromatic heterocycles. The summed E-state index contributed by atoms with van der Waals surface area (Å²) < 4.78 is 30.5. The fourth-order valence-corrected chi connectivity index (χ4v) is 4.74. The van der Waals surface area contributed by atoms with E-state index in [-0.39, 0.29) is 5.41 Å². The lowest BCUT2D eigenvalue weighted by molar-refractivity contribution is 0.181. The molecule has 0 bridgehead atoms. The molecule has 0 heterocycles. The molecule has 0 saturated carbocycles. The molecule has 0 radical (unpaired) electrons. The van der Waals surface area contributed by atoms with E-state index in [1.54, 1.807) is 24.3 Å². The molecular weight excluding hydrogens is 395 g/mol. The van der Waals surface area contributed by atoms with E-state index in [0.717, 1.165) is 32.1 Å². The highest BCUT2D eigenvalue weighted by Crippen LogP contribution is 2.56. The maximum atomic E-state index is 13.4. The molecule has 0 unspecified atom stereocenters. The molecule has 0 fully saturated rings. The van der Waals surface area contributed by atoms with Crippen LogP contribution in [0.1, 0.15) is 39.0 Å². The van der Waals surface area contributed by atoms with E-state index in [4.69, 9.17) is 25.2 Å². The third-order valence-electron chi connectivity index (χ3n) is 4.91. The molecule has 0 aliphatic heterocycles. The first-order valence-electron chi connectivity index (χ1n) is 9.63. The molecule has 1 atom stereocenters. The van der Waals surface area contributed by atoms with Gasteiger partial charge < -0.3 is 13.6 Å². The Morgan fingerprint density at radius 2 is 1.46 bits per heavy atom. The predicted molar refractivity (Wildman–Crippen MR) is 113 cm³/mol. The van der Waals surface area contributed by atoms with Gasteiger partial charge in [0.25, 0.3) is 0 Å². The van der Waals surface area contributed by atoms with Crippen molar-refractivity contribution in [3.05, 3.63) is 72.5 Å². The van der Waals surface area contributed by atoms with Gasteiger partial charge in [0.1, 0.15) is 17.3 Å². The highest BCUT2D eigenvalue weighted by molar-refractivity contribution is 7.49. The van der Waals surface area contributed by atoms with Gasteiger partial charge in [-0.05, 0) is 55.0 Å². The topological polar surface area (TPSA) is 44.8 Å². The quantitative estimate of drug-likeness (QED) is 0.216. The molecule has 28 heavy (non-hydrogen) atoms. The van der Waals surface area contributed by atoms with Crippen LogP contribution < -0.4 is 9.05 Å². The van der Waals surface area contributed by atoms with Crippen LogP contribution in [0.4, 0.5) is 0 Å². The minimum absolute atomic E-state index is 0.0890. The number of phosphoric acid groups is 1. The van der Waals surface area contributed by atoms with Gasteiger partial charge in [-0.2, -0.15) is 4.57 Å². The molecule has 0 spiro atoms. The Labute approximate surface area is 172 Å². The Hall–Kier alpha value is -1.90. The van der Waals surface area contributed by atoms with Crippen molar-refractivity contribution >= 4 is 19.4 Å². The number of hydrogen-bond donors (Lipinski definition) is 0. The summed E-state index contributed by atoms with van der Waals surface area (Å²) in [5.41, 5.74) is 0.0890. The van der Waals surface area contributed by atoms with Crippen LogP contribution in [-0.4, -0.2) is 5.88 Å². The fourth-order valence-electron chi connectivity index (χ4n) is 3.27. The smallest absolute Gasteiger partial charge is 0.391 e. The van der Waals surface area contributed by atoms with Gasteiger partial charge in [-0.25, -0.2) is 0 Å². The number of hydrogen-bond acceptors (Lipinski definition) is 4. The summed E-state index contributed by atoms with van der Waals surface area (Å²) in [6.45, 7) is 2.16. The zero-order chi connectivity index (χ0) is 19.9. The van der Waals surface area contributed by atoms with Crippen LogP contribution in [0, 0.1) is 5.41 Å². The maximum absolute atomic E-state index is 13.4. The first-order valence-corrected chi connectivity index (χ1v) is 11.6. The summed E-state index contributed by atoms with van der Waals surface area (Å²) >= 11 is 5.79. The van der Waals surface area contributed by atoms with Crippen molar-refractivity contribution in [3.63, 3.8) is 0 Å². The average Bonchev–Trinajstić information content (AvgIpc) is 2.67. The van der Waals surface area contributed by atoms with Gasteiger partial charge in [-0.1, -0.05) is 49.7 Å². The summed E-state index contributed by atoms with van der Waals surface area (Å²) in [6.07, 6.45) is 6.92. The summed E-state index contributed by atoms with van der Waals surface area (Å²) in [5, 5.41) is 0. The van der Waals surface area contributed by atoms with Crippen LogP contribution in [0.3, 0.4) is 0 Å². The second-order valence-corrected chi connectivity index (χ2v) is 8.82. The molecule has 0 amide bonds. The zero-order valence-corrected chi connectivity index (χ0v) is 17.7. The van der Waals surface area contributed by atoms with Crippen molar-refractivity contribution in [2.75, 3.05) is 5.88 Å². The van der Waals surface area contributed by atoms with Crippen molar-refractivity contribution in [1.29, 1.82) is 0 Å². The number of unbranched alkanes of at least 4 members (excludes halogenated alkanes) is 1. The van der Waals surface area contributed by atoms with Crippen LogP contribution >= 0.6 is 19.4 Å². The summed E-state index contributed by atoms with van der Waals surface area (Å²) in [4.78, 5) is 0. The average molecular weight is 421 g/mol. The number of para-hydroxylation sites is 2. The first-order chi connectivity index (χ1) is 13.6. The van der Waals surface area contributed by atoms with E-state index in [2.05, 4.69) is 13.0 Å². The molecular formula is C22H26ClO4P. The normalized spacial score (nSPS) is 18.7. The van der Waals surface area contributed by atoms with Crippen molar-refractivity contribution in [3.8, 4) is 11.5 Å². The SMILES string of the molecule is CC[C@]1(CCCCCl)C=C(OP(=O)(Oc2ccccc2)Oc2ccccc2)C1. The number of halogens is 1. The maximum Gasteiger partial charge on any atom is 0.646 e. The third-order valence-corrected chi connectivity index (χ3v) is 6.50. The lowest BCUT2D eigenvalue weighted by Gasteiger charge is -2.39. The molecule has 3 rings (SSSR count). The molecule has 2 aromatic rings. The van der Waals surface area contributed by atoms with Gasteiger partial charge in [0.15, 0.2) is 0 Å². The monoisotopic (exact) mass is 420 g/mol. The minimum Gasteiger partial charge on any atom is -0.391 e. The van der Waals surface area contributed by atoms with Gasteiger partial charge in [0.05, 0.1) is 0 Å². The van der Waals surface area contributed by atoms with Gasteiger partial charge in [-0.15, -0.1) is 11.6 Å². The van der Waals surface area contributed by atoms with Crippen LogP contribution in [-0.2, 0) is 9.09 Å². The number of benzene rings is 2. The van der Waals surface area contributed by atoms with E-state index in [1.807, 2.05) is 36.4 Å². The largest absolute Gasteiger partial charge is 0.646 e. The second-order valence-electron chi connectivity index (χ2n) is 7.00. The molecule has 4 nitrogen and oxygen atoms in total. The molecule has 2 aromatic carbocycles. The molecule has 6 heteroatoms. The van der Waals surface area contributed by atoms with Crippen molar-refractivity contribution < 1.29 is 18.1 Å². The second kappa shape index (κ2) is 9.54. The number of phosphoric ester groups is 1. The molecule has 0 saturated heterocycles. The highest BCUT2D eigenvalue weighted by Gasteiger charge is 2.42. The van der Waals surface area contributed by atoms with E-state index >= 15 is 0 Å². The molecule has 0 N–H and O–H groups in total. The number of allylic oxidation sites excluding steroid dienone is 2. The van der Waals surface area contributed by atoms with Crippen LogP contribution in [0.2, 0.25) is 0 Å². The van der Waals surface area contributed by atoms with Gasteiger partial charge in [-0.3, -0.25) is 0 Å². The van der Waals surface area contributed by atoms with Crippen molar-refractivity contribution in [2.45, 2.75) is 39.0 Å². The predicted octanol–water partition coefficient (Wildman–Crippen LogP) is 7.36. The molecule has 1 aliphatic rings. The van der Waals surface area contributed by atoms with Crippen LogP contribution in [0.25, 0.3) is 0 Å². The Morgan fingerprint density at radius 3 is 1.93 bits per heavy atom. The van der Waals surface area contributed by atoms with E-state index in [9.17, 15) is 4.57 Å². The first kappa shape index (κ1) is 20.8. The Bertz CT molecular complexity index is 779. The lowest BCUT2D eigenvalue weighted by atomic mass is 9.69. The fraction of sp³-hybridized carbons (Fsp3) is 0.364. The Morgan fingerprint density at radius 1 is 0.929 bits per heavy atom. The lowest BCUT2D eigenvalue weighted by Crippen LogP contribution is -2.28. The standard InChI is InChI=1S/C22H26ClO4P/c1-2-22(15-9-10-16-23)17-21(18-22)27-28(24,25-19-11-5-3-6-12-19)26-20-13-7-4-8-14-20/h3-8,11-14,17H,2,9-10,15-16,18H2,1H3/t22-/m0/s1. The Kier molecular flexibility index (Phi) is 7.09. The zero-order valence-electron chi connectivity index (χ0n) is 16.1. The summed E-state index contributed by atoms with van der Waals surface area (Å²) in [5.74, 6) is 2.21. The number of alkyl halides is 1. The van der Waals surface area contributed by atoms with E-state index in [1.165, 1.54) is 0 Å². The van der Waals surface area contributed by atoms with Gasteiger partial charge in [0.2, 0.25) is 0 Å². The molecule has 150 valence electrons. The Balaban J connectivity index is 1.74.